The van der Waals surface area contributed by atoms with Gasteiger partial charge in [0, 0.05) is 29.0 Å². The van der Waals surface area contributed by atoms with E-state index in [-0.39, 0.29) is 0 Å². The van der Waals surface area contributed by atoms with Gasteiger partial charge in [-0.25, -0.2) is 9.97 Å². The highest BCUT2D eigenvalue weighted by Gasteiger charge is 2.04. The molecule has 0 aliphatic rings. The second kappa shape index (κ2) is 5.38. The number of nitrogens with one attached hydrogen (secondary N) is 1. The molecule has 2 aromatic heterocycles. The minimum Gasteiger partial charge on any atom is -0.369 e. The quantitative estimate of drug-likeness (QED) is 0.909. The van der Waals surface area contributed by atoms with Crippen molar-refractivity contribution in [3.8, 4) is 10.6 Å². The highest BCUT2D eigenvalue weighted by Crippen LogP contribution is 2.28. The molecule has 0 unspecified atom stereocenters. The molecule has 0 spiro atoms. The lowest BCUT2D eigenvalue weighted by atomic mass is 10.3. The number of hydrogen-bond donors (Lipinski definition) is 2. The van der Waals surface area contributed by atoms with Gasteiger partial charge >= 0.3 is 0 Å². The van der Waals surface area contributed by atoms with Crippen LogP contribution in [-0.4, -0.2) is 23.1 Å². The van der Waals surface area contributed by atoms with Crippen LogP contribution in [-0.2, 0) is 0 Å². The highest BCUT2D eigenvalue weighted by molar-refractivity contribution is 9.10. The second-order valence-corrected chi connectivity index (χ2v) is 4.96. The molecule has 2 aromatic rings. The predicted molar refractivity (Wildman–Crippen MR) is 70.6 cm³/mol. The fraction of sp³-hybridized carbons (Fsp3) is 0.200. The average molecular weight is 299 g/mol. The summed E-state index contributed by atoms with van der Waals surface area (Å²) < 4.78 is 1.07. The number of anilines is 1. The van der Waals surface area contributed by atoms with E-state index in [1.54, 1.807) is 17.7 Å². The largest absolute Gasteiger partial charge is 0.369 e. The lowest BCUT2D eigenvalue weighted by Crippen LogP contribution is -2.13. The molecule has 0 aliphatic heterocycles. The molecule has 0 bridgehead atoms. The first-order valence-corrected chi connectivity index (χ1v) is 6.47. The smallest absolute Gasteiger partial charge is 0.130 e. The van der Waals surface area contributed by atoms with Gasteiger partial charge < -0.3 is 11.1 Å². The lowest BCUT2D eigenvalue weighted by molar-refractivity contribution is 1.01. The maximum Gasteiger partial charge on any atom is 0.130 e. The lowest BCUT2D eigenvalue weighted by Gasteiger charge is -2.04. The van der Waals surface area contributed by atoms with Crippen LogP contribution in [0.2, 0.25) is 0 Å². The van der Waals surface area contributed by atoms with Crippen molar-refractivity contribution in [3.05, 3.63) is 28.3 Å². The molecule has 6 heteroatoms. The van der Waals surface area contributed by atoms with E-state index in [4.69, 9.17) is 5.73 Å². The van der Waals surface area contributed by atoms with E-state index in [0.29, 0.717) is 13.1 Å². The van der Waals surface area contributed by atoms with Crippen LogP contribution < -0.4 is 11.1 Å². The number of nitrogens with zero attached hydrogens (tertiary/aromatic N) is 2. The first-order valence-electron chi connectivity index (χ1n) is 4.80. The van der Waals surface area contributed by atoms with E-state index in [0.717, 1.165) is 20.9 Å². The van der Waals surface area contributed by atoms with Gasteiger partial charge in [0.2, 0.25) is 0 Å². The molecule has 0 fully saturated rings. The van der Waals surface area contributed by atoms with Crippen LogP contribution in [0.25, 0.3) is 10.6 Å². The number of halogens is 1. The van der Waals surface area contributed by atoms with Crippen molar-refractivity contribution in [3.63, 3.8) is 0 Å². The Morgan fingerprint density at radius 2 is 2.25 bits per heavy atom. The van der Waals surface area contributed by atoms with Gasteiger partial charge in [0.1, 0.15) is 12.1 Å². The molecule has 3 N–H and O–H groups in total. The molecule has 0 saturated carbocycles. The first-order chi connectivity index (χ1) is 7.79. The van der Waals surface area contributed by atoms with E-state index >= 15 is 0 Å². The first kappa shape index (κ1) is 11.5. The minimum absolute atomic E-state index is 0.587. The number of hydrogen-bond acceptors (Lipinski definition) is 5. The van der Waals surface area contributed by atoms with Crippen LogP contribution in [0.5, 0.6) is 0 Å². The molecular weight excluding hydrogens is 288 g/mol. The Morgan fingerprint density at radius 1 is 1.38 bits per heavy atom. The Morgan fingerprint density at radius 3 is 2.94 bits per heavy atom. The fourth-order valence-electron chi connectivity index (χ4n) is 1.24. The summed E-state index contributed by atoms with van der Waals surface area (Å²) >= 11 is 5.07. The van der Waals surface area contributed by atoms with Crippen molar-refractivity contribution in [1.82, 2.24) is 9.97 Å². The van der Waals surface area contributed by atoms with E-state index in [1.807, 2.05) is 17.5 Å². The Hall–Kier alpha value is -0.980. The molecule has 0 saturated heterocycles. The van der Waals surface area contributed by atoms with Crippen LogP contribution in [0, 0.1) is 0 Å². The molecule has 16 heavy (non-hydrogen) atoms. The highest BCUT2D eigenvalue weighted by atomic mass is 79.9. The van der Waals surface area contributed by atoms with Crippen molar-refractivity contribution in [2.24, 2.45) is 5.73 Å². The van der Waals surface area contributed by atoms with Crippen LogP contribution >= 0.6 is 27.3 Å². The normalized spacial score (nSPS) is 10.4. The van der Waals surface area contributed by atoms with Crippen LogP contribution in [0.1, 0.15) is 0 Å². The molecule has 2 heterocycles. The van der Waals surface area contributed by atoms with E-state index < -0.39 is 0 Å². The van der Waals surface area contributed by atoms with Gasteiger partial charge in [-0.3, -0.25) is 0 Å². The molecule has 0 radical (unpaired) electrons. The topological polar surface area (TPSA) is 63.8 Å². The SMILES string of the molecule is NCCNc1cc(-c2cc(Br)cs2)ncn1. The summed E-state index contributed by atoms with van der Waals surface area (Å²) in [5.74, 6) is 0.806. The van der Waals surface area contributed by atoms with E-state index in [1.165, 1.54) is 0 Å². The van der Waals surface area contributed by atoms with Crippen molar-refractivity contribution in [2.75, 3.05) is 18.4 Å². The van der Waals surface area contributed by atoms with Crippen molar-refractivity contribution in [2.45, 2.75) is 0 Å². The summed E-state index contributed by atoms with van der Waals surface area (Å²) in [6, 6.07) is 3.97. The van der Waals surface area contributed by atoms with Crippen molar-refractivity contribution in [1.29, 1.82) is 0 Å². The molecule has 0 atom stereocenters. The number of nitrogens with two attached hydrogens (primary N) is 1. The van der Waals surface area contributed by atoms with Gasteiger partial charge in [-0.15, -0.1) is 11.3 Å². The van der Waals surface area contributed by atoms with Crippen molar-refractivity contribution >= 4 is 33.1 Å². The third-order valence-electron chi connectivity index (χ3n) is 1.94. The van der Waals surface area contributed by atoms with Crippen LogP contribution in [0.15, 0.2) is 28.3 Å². The number of thiophene rings is 1. The third kappa shape index (κ3) is 2.78. The summed E-state index contributed by atoms with van der Waals surface area (Å²) in [6.07, 6.45) is 1.56. The zero-order valence-electron chi connectivity index (χ0n) is 8.48. The molecule has 0 aliphatic carbocycles. The van der Waals surface area contributed by atoms with E-state index in [2.05, 4.69) is 31.2 Å². The monoisotopic (exact) mass is 298 g/mol. The van der Waals surface area contributed by atoms with Crippen molar-refractivity contribution < 1.29 is 0 Å². The van der Waals surface area contributed by atoms with Gasteiger partial charge in [-0.1, -0.05) is 0 Å². The average Bonchev–Trinajstić information content (AvgIpc) is 2.74. The maximum absolute atomic E-state index is 5.42. The summed E-state index contributed by atoms with van der Waals surface area (Å²) in [6.45, 7) is 1.30. The molecule has 84 valence electrons. The summed E-state index contributed by atoms with van der Waals surface area (Å²) in [5, 5.41) is 5.16. The van der Waals surface area contributed by atoms with Gasteiger partial charge in [0.15, 0.2) is 0 Å². The second-order valence-electron chi connectivity index (χ2n) is 3.13. The third-order valence-corrected chi connectivity index (χ3v) is 3.65. The Balaban J connectivity index is 2.22. The molecular formula is C10H11BrN4S. The summed E-state index contributed by atoms with van der Waals surface area (Å²) in [5.41, 5.74) is 6.34. The van der Waals surface area contributed by atoms with Crippen LogP contribution in [0.3, 0.4) is 0 Å². The summed E-state index contributed by atoms with van der Waals surface area (Å²) in [7, 11) is 0. The van der Waals surface area contributed by atoms with Gasteiger partial charge in [-0.2, -0.15) is 0 Å². The zero-order chi connectivity index (χ0) is 11.4. The number of aromatic nitrogens is 2. The van der Waals surface area contributed by atoms with Gasteiger partial charge in [0.05, 0.1) is 10.6 Å². The summed E-state index contributed by atoms with van der Waals surface area (Å²) in [4.78, 5) is 9.48. The maximum atomic E-state index is 5.42. The predicted octanol–water partition coefficient (Wildman–Crippen LogP) is 2.34. The zero-order valence-corrected chi connectivity index (χ0v) is 10.9. The molecule has 4 nitrogen and oxygen atoms in total. The van der Waals surface area contributed by atoms with Crippen LogP contribution in [0.4, 0.5) is 5.82 Å². The van der Waals surface area contributed by atoms with Gasteiger partial charge in [0.25, 0.3) is 0 Å². The molecule has 0 aromatic carbocycles. The van der Waals surface area contributed by atoms with E-state index in [9.17, 15) is 0 Å². The number of rotatable bonds is 4. The fourth-order valence-corrected chi connectivity index (χ4v) is 2.63. The minimum atomic E-state index is 0.587. The molecule has 0 amide bonds. The standard InChI is InChI=1S/C10H11BrN4S/c11-7-3-9(16-5-7)8-4-10(13-2-1-12)15-6-14-8/h3-6H,1-2,12H2,(H,13,14,15). The molecule has 2 rings (SSSR count). The van der Waals surface area contributed by atoms with Gasteiger partial charge in [-0.05, 0) is 22.0 Å². The Kier molecular flexibility index (Phi) is 3.87. The Labute approximate surface area is 106 Å². The Bertz CT molecular complexity index is 471.